The minimum atomic E-state index is -4.82. The number of hydrogen-bond donors (Lipinski definition) is 1. The second-order valence-electron chi connectivity index (χ2n) is 4.17. The van der Waals surface area contributed by atoms with Crippen LogP contribution in [0.1, 0.15) is 11.7 Å². The largest absolute Gasteiger partial charge is 0.573 e. The smallest absolute Gasteiger partial charge is 0.431 e. The lowest BCUT2D eigenvalue weighted by Crippen LogP contribution is -2.32. The van der Waals surface area contributed by atoms with Crippen molar-refractivity contribution in [1.82, 2.24) is 4.90 Å². The van der Waals surface area contributed by atoms with Gasteiger partial charge in [0.05, 0.1) is 0 Å². The van der Waals surface area contributed by atoms with Gasteiger partial charge in [0, 0.05) is 19.7 Å². The number of carbonyl (C=O) groups excluding carboxylic acids is 2. The van der Waals surface area contributed by atoms with Crippen molar-refractivity contribution in [2.45, 2.75) is 12.5 Å². The number of rotatable bonds is 4. The third-order valence-electron chi connectivity index (χ3n) is 2.32. The van der Waals surface area contributed by atoms with E-state index in [-0.39, 0.29) is 5.56 Å². The van der Waals surface area contributed by atoms with Gasteiger partial charge in [-0.1, -0.05) is 12.1 Å². The molecule has 1 unspecified atom stereocenters. The Morgan fingerprint density at radius 1 is 1.19 bits per heavy atom. The molecule has 0 saturated heterocycles. The highest BCUT2D eigenvalue weighted by atomic mass is 19.4. The molecule has 0 radical (unpaired) electrons. The van der Waals surface area contributed by atoms with E-state index in [0.29, 0.717) is 0 Å². The summed E-state index contributed by atoms with van der Waals surface area (Å²) >= 11 is 0. The van der Waals surface area contributed by atoms with Crippen molar-refractivity contribution in [3.8, 4) is 5.75 Å². The van der Waals surface area contributed by atoms with Crippen LogP contribution in [0.5, 0.6) is 5.75 Å². The molecule has 0 spiro atoms. The molecular weight excluding hydrogens is 293 g/mol. The van der Waals surface area contributed by atoms with Gasteiger partial charge in [0.2, 0.25) is 6.10 Å². The zero-order chi connectivity index (χ0) is 16.2. The monoisotopic (exact) mass is 306 g/mol. The van der Waals surface area contributed by atoms with Crippen LogP contribution in [0.4, 0.5) is 18.0 Å². The van der Waals surface area contributed by atoms with E-state index in [9.17, 15) is 22.8 Å². The number of amides is 2. The van der Waals surface area contributed by atoms with Gasteiger partial charge in [-0.3, -0.25) is 4.79 Å². The summed E-state index contributed by atoms with van der Waals surface area (Å²) < 4.78 is 44.5. The number of benzene rings is 1. The Balaban J connectivity index is 2.98. The van der Waals surface area contributed by atoms with E-state index < -0.39 is 30.2 Å². The molecule has 6 nitrogen and oxygen atoms in total. The van der Waals surface area contributed by atoms with Crippen molar-refractivity contribution in [2.75, 3.05) is 14.1 Å². The van der Waals surface area contributed by atoms with E-state index >= 15 is 0 Å². The number of alkyl halides is 3. The Bertz CT molecular complexity index is 514. The fourth-order valence-electron chi connectivity index (χ4n) is 1.46. The average molecular weight is 306 g/mol. The first-order chi connectivity index (χ1) is 9.60. The third kappa shape index (κ3) is 5.21. The highest BCUT2D eigenvalue weighted by molar-refractivity contribution is 5.84. The lowest BCUT2D eigenvalue weighted by atomic mass is 10.1. The molecule has 0 saturated carbocycles. The SMILES string of the molecule is CN(C)C(=O)C(OC(N)=O)c1ccc(OC(F)(F)F)cc1. The fourth-order valence-corrected chi connectivity index (χ4v) is 1.46. The molecular formula is C12H13F3N2O4. The second kappa shape index (κ2) is 6.33. The first-order valence-corrected chi connectivity index (χ1v) is 5.63. The topological polar surface area (TPSA) is 81.9 Å². The predicted octanol–water partition coefficient (Wildman–Crippen LogP) is 1.81. The molecule has 0 aromatic heterocycles. The Hall–Kier alpha value is -2.45. The summed E-state index contributed by atoms with van der Waals surface area (Å²) in [4.78, 5) is 23.9. The van der Waals surface area contributed by atoms with Gasteiger partial charge in [-0.15, -0.1) is 13.2 Å². The van der Waals surface area contributed by atoms with E-state index in [0.717, 1.165) is 17.0 Å². The van der Waals surface area contributed by atoms with Gasteiger partial charge in [-0.05, 0) is 12.1 Å². The summed E-state index contributed by atoms with van der Waals surface area (Å²) in [5.41, 5.74) is 5.04. The highest BCUT2D eigenvalue weighted by Crippen LogP contribution is 2.26. The number of primary amides is 1. The molecule has 0 aliphatic rings. The molecule has 1 atom stereocenters. The maximum Gasteiger partial charge on any atom is 0.573 e. The van der Waals surface area contributed by atoms with Crippen LogP contribution in [0.25, 0.3) is 0 Å². The van der Waals surface area contributed by atoms with Crippen LogP contribution in [0.3, 0.4) is 0 Å². The van der Waals surface area contributed by atoms with Crippen molar-refractivity contribution >= 4 is 12.0 Å². The number of carbonyl (C=O) groups is 2. The quantitative estimate of drug-likeness (QED) is 0.919. The van der Waals surface area contributed by atoms with Crippen molar-refractivity contribution < 1.29 is 32.2 Å². The van der Waals surface area contributed by atoms with Crippen LogP contribution < -0.4 is 10.5 Å². The standard InChI is InChI=1S/C12H13F3N2O4/c1-17(2)10(18)9(20-11(16)19)7-3-5-8(6-4-7)21-12(13,14)15/h3-6,9H,1-2H3,(H2,16,19). The molecule has 1 aromatic carbocycles. The normalized spacial score (nSPS) is 12.4. The van der Waals surface area contributed by atoms with Crippen molar-refractivity contribution in [1.29, 1.82) is 0 Å². The van der Waals surface area contributed by atoms with E-state index in [1.54, 1.807) is 0 Å². The molecule has 21 heavy (non-hydrogen) atoms. The first-order valence-electron chi connectivity index (χ1n) is 5.63. The lowest BCUT2D eigenvalue weighted by Gasteiger charge is -2.20. The molecule has 116 valence electrons. The van der Waals surface area contributed by atoms with Gasteiger partial charge in [0.1, 0.15) is 5.75 Å². The molecule has 0 aliphatic carbocycles. The van der Waals surface area contributed by atoms with Gasteiger partial charge in [0.25, 0.3) is 5.91 Å². The molecule has 2 N–H and O–H groups in total. The van der Waals surface area contributed by atoms with Crippen LogP contribution in [0.15, 0.2) is 24.3 Å². The second-order valence-corrected chi connectivity index (χ2v) is 4.17. The van der Waals surface area contributed by atoms with E-state index in [1.165, 1.54) is 26.2 Å². The number of nitrogens with zero attached hydrogens (tertiary/aromatic N) is 1. The number of nitrogens with two attached hydrogens (primary N) is 1. The molecule has 0 aliphatic heterocycles. The minimum absolute atomic E-state index is 0.169. The zero-order valence-electron chi connectivity index (χ0n) is 11.2. The summed E-state index contributed by atoms with van der Waals surface area (Å²) in [6.45, 7) is 0. The number of halogens is 3. The maximum atomic E-state index is 12.0. The number of likely N-dealkylation sites (N-methyl/N-ethyl adjacent to an activating group) is 1. The predicted molar refractivity (Wildman–Crippen MR) is 65.2 cm³/mol. The molecule has 1 rings (SSSR count). The number of ether oxygens (including phenoxy) is 2. The number of hydrogen-bond acceptors (Lipinski definition) is 4. The zero-order valence-corrected chi connectivity index (χ0v) is 11.2. The van der Waals surface area contributed by atoms with E-state index in [2.05, 4.69) is 9.47 Å². The molecule has 1 aromatic rings. The summed E-state index contributed by atoms with van der Waals surface area (Å²) in [7, 11) is 2.86. The summed E-state index contributed by atoms with van der Waals surface area (Å²) in [5.74, 6) is -1.04. The average Bonchev–Trinajstić information content (AvgIpc) is 2.34. The summed E-state index contributed by atoms with van der Waals surface area (Å²) in [5, 5.41) is 0. The van der Waals surface area contributed by atoms with Crippen LogP contribution in [-0.4, -0.2) is 37.4 Å². The molecule has 9 heteroatoms. The Morgan fingerprint density at radius 2 is 1.71 bits per heavy atom. The van der Waals surface area contributed by atoms with Gasteiger partial charge in [-0.2, -0.15) is 0 Å². The van der Waals surface area contributed by atoms with E-state index in [4.69, 9.17) is 5.73 Å². The minimum Gasteiger partial charge on any atom is -0.431 e. The maximum absolute atomic E-state index is 12.0. The van der Waals surface area contributed by atoms with Crippen molar-refractivity contribution in [3.63, 3.8) is 0 Å². The van der Waals surface area contributed by atoms with Crippen LogP contribution >= 0.6 is 0 Å². The lowest BCUT2D eigenvalue weighted by molar-refractivity contribution is -0.274. The van der Waals surface area contributed by atoms with Crippen molar-refractivity contribution in [2.24, 2.45) is 5.73 Å². The van der Waals surface area contributed by atoms with Crippen LogP contribution in [0.2, 0.25) is 0 Å². The molecule has 0 fully saturated rings. The highest BCUT2D eigenvalue weighted by Gasteiger charge is 2.31. The Kier molecular flexibility index (Phi) is 5.01. The molecule has 0 heterocycles. The van der Waals surface area contributed by atoms with Gasteiger partial charge < -0.3 is 20.1 Å². The summed E-state index contributed by atoms with van der Waals surface area (Å²) in [6.07, 6.45) is -7.33. The van der Waals surface area contributed by atoms with E-state index in [1.807, 2.05) is 0 Å². The van der Waals surface area contributed by atoms with Gasteiger partial charge >= 0.3 is 12.5 Å². The van der Waals surface area contributed by atoms with Gasteiger partial charge in [-0.25, -0.2) is 4.79 Å². The van der Waals surface area contributed by atoms with Crippen LogP contribution in [0, 0.1) is 0 Å². The fraction of sp³-hybridized carbons (Fsp3) is 0.333. The van der Waals surface area contributed by atoms with Gasteiger partial charge in [0.15, 0.2) is 0 Å². The van der Waals surface area contributed by atoms with Crippen molar-refractivity contribution in [3.05, 3.63) is 29.8 Å². The third-order valence-corrected chi connectivity index (χ3v) is 2.32. The summed E-state index contributed by atoms with van der Waals surface area (Å²) in [6, 6.07) is 4.36. The Morgan fingerprint density at radius 3 is 2.10 bits per heavy atom. The first kappa shape index (κ1) is 16.6. The molecule has 0 bridgehead atoms. The Labute approximate surface area is 118 Å². The molecule has 2 amide bonds. The van der Waals surface area contributed by atoms with Crippen LogP contribution in [-0.2, 0) is 9.53 Å².